The van der Waals surface area contributed by atoms with Crippen molar-refractivity contribution in [3.63, 3.8) is 0 Å². The van der Waals surface area contributed by atoms with E-state index in [1.807, 2.05) is 30.3 Å². The molecule has 1 aliphatic heterocycles. The minimum absolute atomic E-state index is 0.0685. The number of hydrogen-bond acceptors (Lipinski definition) is 5. The summed E-state index contributed by atoms with van der Waals surface area (Å²) >= 11 is 0. The lowest BCUT2D eigenvalue weighted by Gasteiger charge is -2.16. The molecule has 6 heteroatoms. The van der Waals surface area contributed by atoms with Gasteiger partial charge in [-0.15, -0.1) is 5.10 Å². The molecule has 22 heavy (non-hydrogen) atoms. The highest BCUT2D eigenvalue weighted by Crippen LogP contribution is 2.16. The van der Waals surface area contributed by atoms with Gasteiger partial charge in [-0.25, -0.2) is 4.79 Å². The Morgan fingerprint density at radius 3 is 2.86 bits per heavy atom. The van der Waals surface area contributed by atoms with E-state index < -0.39 is 0 Å². The Balaban J connectivity index is 1.46. The first-order valence-corrected chi connectivity index (χ1v) is 7.21. The zero-order chi connectivity index (χ0) is 15.2. The van der Waals surface area contributed by atoms with Crippen LogP contribution in [0.25, 0.3) is 0 Å². The summed E-state index contributed by atoms with van der Waals surface area (Å²) in [5, 5.41) is 7.64. The number of nitrogens with zero attached hydrogens (tertiary/aromatic N) is 3. The Labute approximate surface area is 128 Å². The maximum atomic E-state index is 12.0. The molecule has 0 spiro atoms. The summed E-state index contributed by atoms with van der Waals surface area (Å²) in [5.74, 6) is 0.479. The van der Waals surface area contributed by atoms with Crippen LogP contribution in [0, 0.1) is 0 Å². The molecule has 0 radical (unpaired) electrons. The lowest BCUT2D eigenvalue weighted by atomic mass is 10.2. The van der Waals surface area contributed by atoms with Crippen LogP contribution >= 0.6 is 0 Å². The summed E-state index contributed by atoms with van der Waals surface area (Å²) in [7, 11) is 0. The van der Waals surface area contributed by atoms with Crippen LogP contribution in [0.5, 0.6) is 5.88 Å². The molecule has 0 N–H and O–H groups in total. The molecule has 2 aromatic rings. The normalized spacial score (nSPS) is 17.3. The Hall–Kier alpha value is -2.63. The SMILES string of the molecule is O=C(OCc1ccccc1)N1CCC(Oc2cccnn2)C1. The second-order valence-corrected chi connectivity index (χ2v) is 5.08. The fraction of sp³-hybridized carbons (Fsp3) is 0.312. The Morgan fingerprint density at radius 2 is 2.09 bits per heavy atom. The predicted molar refractivity (Wildman–Crippen MR) is 79.3 cm³/mol. The van der Waals surface area contributed by atoms with Crippen LogP contribution in [-0.4, -0.2) is 40.4 Å². The molecule has 1 aliphatic rings. The van der Waals surface area contributed by atoms with Gasteiger partial charge in [0.15, 0.2) is 0 Å². The van der Waals surface area contributed by atoms with Gasteiger partial charge >= 0.3 is 6.09 Å². The summed E-state index contributed by atoms with van der Waals surface area (Å²) in [6, 6.07) is 13.1. The third kappa shape index (κ3) is 3.72. The van der Waals surface area contributed by atoms with Gasteiger partial charge in [0, 0.05) is 25.2 Å². The topological polar surface area (TPSA) is 64.5 Å². The molecule has 0 bridgehead atoms. The third-order valence-corrected chi connectivity index (χ3v) is 3.44. The number of rotatable bonds is 4. The molecule has 1 fully saturated rings. The first-order chi connectivity index (χ1) is 10.8. The zero-order valence-electron chi connectivity index (χ0n) is 12.1. The van der Waals surface area contributed by atoms with Crippen molar-refractivity contribution in [2.75, 3.05) is 13.1 Å². The van der Waals surface area contributed by atoms with Crippen molar-refractivity contribution < 1.29 is 14.3 Å². The first-order valence-electron chi connectivity index (χ1n) is 7.21. The molecule has 1 unspecified atom stereocenters. The van der Waals surface area contributed by atoms with Crippen molar-refractivity contribution in [3.05, 3.63) is 54.2 Å². The summed E-state index contributed by atoms with van der Waals surface area (Å²) in [4.78, 5) is 13.7. The number of likely N-dealkylation sites (tertiary alicyclic amines) is 1. The van der Waals surface area contributed by atoms with Crippen molar-refractivity contribution in [1.82, 2.24) is 15.1 Å². The van der Waals surface area contributed by atoms with E-state index in [9.17, 15) is 4.79 Å². The van der Waals surface area contributed by atoms with Crippen LogP contribution in [0.2, 0.25) is 0 Å². The zero-order valence-corrected chi connectivity index (χ0v) is 12.1. The maximum Gasteiger partial charge on any atom is 0.410 e. The Kier molecular flexibility index (Phi) is 4.48. The molecule has 0 aliphatic carbocycles. The third-order valence-electron chi connectivity index (χ3n) is 3.44. The number of ether oxygens (including phenoxy) is 2. The van der Waals surface area contributed by atoms with E-state index in [0.29, 0.717) is 19.0 Å². The van der Waals surface area contributed by atoms with Crippen LogP contribution in [0.15, 0.2) is 48.7 Å². The van der Waals surface area contributed by atoms with Gasteiger partial charge in [0.1, 0.15) is 12.7 Å². The number of hydrogen-bond donors (Lipinski definition) is 0. The minimum atomic E-state index is -0.311. The minimum Gasteiger partial charge on any atom is -0.471 e. The highest BCUT2D eigenvalue weighted by atomic mass is 16.6. The van der Waals surface area contributed by atoms with Gasteiger partial charge < -0.3 is 14.4 Å². The van der Waals surface area contributed by atoms with Gasteiger partial charge in [-0.05, 0) is 11.6 Å². The Bertz CT molecular complexity index is 607. The molecule has 1 aromatic heterocycles. The number of amides is 1. The molecule has 1 amide bonds. The lowest BCUT2D eigenvalue weighted by Crippen LogP contribution is -2.31. The quantitative estimate of drug-likeness (QED) is 0.866. The summed E-state index contributed by atoms with van der Waals surface area (Å²) < 4.78 is 11.0. The van der Waals surface area contributed by atoms with Gasteiger partial charge in [0.25, 0.3) is 0 Å². The van der Waals surface area contributed by atoms with Crippen molar-refractivity contribution in [1.29, 1.82) is 0 Å². The van der Waals surface area contributed by atoms with E-state index in [0.717, 1.165) is 12.0 Å². The second-order valence-electron chi connectivity index (χ2n) is 5.08. The van der Waals surface area contributed by atoms with Crippen LogP contribution in [-0.2, 0) is 11.3 Å². The average Bonchev–Trinajstić information content (AvgIpc) is 3.03. The molecule has 0 saturated carbocycles. The monoisotopic (exact) mass is 299 g/mol. The highest BCUT2D eigenvalue weighted by Gasteiger charge is 2.28. The van der Waals surface area contributed by atoms with Gasteiger partial charge in [-0.2, -0.15) is 5.10 Å². The summed E-state index contributed by atoms with van der Waals surface area (Å²) in [5.41, 5.74) is 0.974. The van der Waals surface area contributed by atoms with E-state index >= 15 is 0 Å². The smallest absolute Gasteiger partial charge is 0.410 e. The molecule has 1 saturated heterocycles. The first kappa shape index (κ1) is 14.3. The molecular weight excluding hydrogens is 282 g/mol. The molecular formula is C16H17N3O3. The van der Waals surface area contributed by atoms with Gasteiger partial charge in [0.2, 0.25) is 5.88 Å². The van der Waals surface area contributed by atoms with Gasteiger partial charge in [0.05, 0.1) is 6.54 Å². The number of aromatic nitrogens is 2. The van der Waals surface area contributed by atoms with Gasteiger partial charge in [-0.3, -0.25) is 0 Å². The van der Waals surface area contributed by atoms with Gasteiger partial charge in [-0.1, -0.05) is 30.3 Å². The van der Waals surface area contributed by atoms with E-state index in [1.54, 1.807) is 23.2 Å². The average molecular weight is 299 g/mol. The second kappa shape index (κ2) is 6.89. The highest BCUT2D eigenvalue weighted by molar-refractivity contribution is 5.68. The lowest BCUT2D eigenvalue weighted by molar-refractivity contribution is 0.0987. The maximum absolute atomic E-state index is 12.0. The number of benzene rings is 1. The molecule has 1 atom stereocenters. The van der Waals surface area contributed by atoms with E-state index in [1.165, 1.54) is 0 Å². The van der Waals surface area contributed by atoms with Crippen LogP contribution in [0.1, 0.15) is 12.0 Å². The standard InChI is InChI=1S/C16H17N3O3/c20-16(21-12-13-5-2-1-3-6-13)19-10-8-14(11-19)22-15-7-4-9-17-18-15/h1-7,9,14H,8,10-12H2. The van der Waals surface area contributed by atoms with Crippen molar-refractivity contribution in [3.8, 4) is 5.88 Å². The molecule has 3 rings (SSSR count). The van der Waals surface area contributed by atoms with Crippen molar-refractivity contribution >= 4 is 6.09 Å². The molecule has 2 heterocycles. The summed E-state index contributed by atoms with van der Waals surface area (Å²) in [6.07, 6.45) is 1.97. The fourth-order valence-electron chi connectivity index (χ4n) is 2.32. The summed E-state index contributed by atoms with van der Waals surface area (Å²) in [6.45, 7) is 1.41. The van der Waals surface area contributed by atoms with E-state index in [2.05, 4.69) is 10.2 Å². The molecule has 1 aromatic carbocycles. The van der Waals surface area contributed by atoms with Crippen LogP contribution in [0.4, 0.5) is 4.79 Å². The Morgan fingerprint density at radius 1 is 1.23 bits per heavy atom. The van der Waals surface area contributed by atoms with Crippen molar-refractivity contribution in [2.24, 2.45) is 0 Å². The largest absolute Gasteiger partial charge is 0.471 e. The number of carbonyl (C=O) groups excluding carboxylic acids is 1. The predicted octanol–water partition coefficient (Wildman–Crippen LogP) is 2.27. The van der Waals surface area contributed by atoms with Crippen LogP contribution < -0.4 is 4.74 Å². The fourth-order valence-corrected chi connectivity index (χ4v) is 2.32. The van der Waals surface area contributed by atoms with Crippen molar-refractivity contribution in [2.45, 2.75) is 19.1 Å². The van der Waals surface area contributed by atoms with Crippen LogP contribution in [0.3, 0.4) is 0 Å². The van der Waals surface area contributed by atoms with E-state index in [4.69, 9.17) is 9.47 Å². The van der Waals surface area contributed by atoms with E-state index in [-0.39, 0.29) is 18.8 Å². The molecule has 114 valence electrons. The molecule has 6 nitrogen and oxygen atoms in total. The number of carbonyl (C=O) groups is 1.